The highest BCUT2D eigenvalue weighted by Crippen LogP contribution is 2.40. The van der Waals surface area contributed by atoms with E-state index in [1.54, 1.807) is 0 Å². The first-order chi connectivity index (χ1) is 19.5. The Balaban J connectivity index is 1.17. The summed E-state index contributed by atoms with van der Waals surface area (Å²) in [5.74, 6) is 1.11. The van der Waals surface area contributed by atoms with E-state index in [1.807, 2.05) is 12.1 Å². The molecule has 1 aromatic heterocycles. The van der Waals surface area contributed by atoms with Crippen molar-refractivity contribution < 1.29 is 23.5 Å². The Kier molecular flexibility index (Phi) is 7.86. The van der Waals surface area contributed by atoms with E-state index in [1.165, 1.54) is 17.4 Å². The molecule has 1 aliphatic carbocycles. The molecule has 2 aliphatic heterocycles. The average molecular weight is 544 g/mol. The van der Waals surface area contributed by atoms with E-state index < -0.39 is 0 Å². The van der Waals surface area contributed by atoms with E-state index >= 15 is 0 Å². The summed E-state index contributed by atoms with van der Waals surface area (Å²) in [6, 6.07) is 14.4. The molecule has 1 saturated heterocycles. The Bertz CT molecular complexity index is 1340. The van der Waals surface area contributed by atoms with Crippen molar-refractivity contribution in [3.8, 4) is 5.75 Å². The molecular formula is C32H37N3O5. The molecule has 8 heteroatoms. The zero-order valence-electron chi connectivity index (χ0n) is 23.1. The van der Waals surface area contributed by atoms with Crippen LogP contribution >= 0.6 is 0 Å². The fourth-order valence-electron chi connectivity index (χ4n) is 6.16. The number of nitrogens with zero attached hydrogens (tertiary/aromatic N) is 2. The number of carbonyl (C=O) groups is 2. The standard InChI is InChI=1S/C32H37N3O5/c1-21-8-10-23(11-9-21)30-27-17-25(13-12-22(27)14-15-35(30)32(37)24-5-2-3-6-24)39-20-29-34-28(19-40-29)31(36)33-18-26-7-4-16-38-26/h8-13,17,19,24,26,30H,2-7,14-16,18,20H2,1H3,(H,33,36)/t26-,30+/m0/s1. The molecule has 1 N–H and O–H groups in total. The predicted molar refractivity (Wildman–Crippen MR) is 149 cm³/mol. The van der Waals surface area contributed by atoms with Crippen LogP contribution in [0, 0.1) is 12.8 Å². The number of benzene rings is 2. The van der Waals surface area contributed by atoms with Gasteiger partial charge in [0.05, 0.1) is 12.1 Å². The average Bonchev–Trinajstić information content (AvgIpc) is 3.78. The van der Waals surface area contributed by atoms with Gasteiger partial charge < -0.3 is 24.1 Å². The van der Waals surface area contributed by atoms with E-state index in [0.29, 0.717) is 18.2 Å². The van der Waals surface area contributed by atoms with Crippen molar-refractivity contribution >= 4 is 11.8 Å². The quantitative estimate of drug-likeness (QED) is 0.423. The highest BCUT2D eigenvalue weighted by atomic mass is 16.5. The van der Waals surface area contributed by atoms with Gasteiger partial charge in [-0.2, -0.15) is 0 Å². The van der Waals surface area contributed by atoms with Gasteiger partial charge >= 0.3 is 0 Å². The molecule has 3 heterocycles. The third-order valence-electron chi connectivity index (χ3n) is 8.39. The number of hydrogen-bond donors (Lipinski definition) is 1. The van der Waals surface area contributed by atoms with Gasteiger partial charge in [-0.1, -0.05) is 48.7 Å². The number of ether oxygens (including phenoxy) is 2. The summed E-state index contributed by atoms with van der Waals surface area (Å²) in [7, 11) is 0. The zero-order valence-corrected chi connectivity index (χ0v) is 23.1. The number of nitrogens with one attached hydrogen (secondary N) is 1. The van der Waals surface area contributed by atoms with Gasteiger partial charge in [0, 0.05) is 25.6 Å². The second-order valence-corrected chi connectivity index (χ2v) is 11.2. The lowest BCUT2D eigenvalue weighted by Gasteiger charge is -2.39. The SMILES string of the molecule is Cc1ccc([C@@H]2c3cc(OCc4nc(C(=O)NC[C@@H]5CCCO5)co4)ccc3CCN2C(=O)C2CCCC2)cc1. The third-order valence-corrected chi connectivity index (χ3v) is 8.39. The monoisotopic (exact) mass is 543 g/mol. The summed E-state index contributed by atoms with van der Waals surface area (Å²) in [6.45, 7) is 4.10. The Morgan fingerprint density at radius 1 is 1.07 bits per heavy atom. The summed E-state index contributed by atoms with van der Waals surface area (Å²) in [5, 5.41) is 2.86. The van der Waals surface area contributed by atoms with Gasteiger partial charge in [-0.3, -0.25) is 9.59 Å². The van der Waals surface area contributed by atoms with Gasteiger partial charge in [0.15, 0.2) is 12.3 Å². The van der Waals surface area contributed by atoms with Crippen LogP contribution in [-0.4, -0.2) is 47.5 Å². The van der Waals surface area contributed by atoms with Crippen LogP contribution in [0.3, 0.4) is 0 Å². The minimum atomic E-state index is -0.285. The molecule has 0 spiro atoms. The van der Waals surface area contributed by atoms with Crippen molar-refractivity contribution in [1.82, 2.24) is 15.2 Å². The number of carbonyl (C=O) groups excluding carboxylic acids is 2. The first-order valence-corrected chi connectivity index (χ1v) is 14.5. The topological polar surface area (TPSA) is 93.9 Å². The molecule has 6 rings (SSSR count). The number of amides is 2. The molecule has 0 radical (unpaired) electrons. The second kappa shape index (κ2) is 11.8. The first kappa shape index (κ1) is 26.6. The summed E-state index contributed by atoms with van der Waals surface area (Å²) >= 11 is 0. The third kappa shape index (κ3) is 5.77. The second-order valence-electron chi connectivity index (χ2n) is 11.2. The molecule has 2 atom stereocenters. The maximum atomic E-state index is 13.7. The highest BCUT2D eigenvalue weighted by molar-refractivity contribution is 5.91. The molecule has 3 aromatic rings. The molecule has 40 heavy (non-hydrogen) atoms. The molecule has 1 saturated carbocycles. The van der Waals surface area contributed by atoms with Crippen molar-refractivity contribution in [1.29, 1.82) is 0 Å². The first-order valence-electron chi connectivity index (χ1n) is 14.5. The van der Waals surface area contributed by atoms with E-state index in [0.717, 1.165) is 69.2 Å². The molecule has 0 bridgehead atoms. The summed E-state index contributed by atoms with van der Waals surface area (Å²) in [4.78, 5) is 32.5. The van der Waals surface area contributed by atoms with Crippen LogP contribution in [0.5, 0.6) is 5.75 Å². The number of rotatable bonds is 8. The van der Waals surface area contributed by atoms with Crippen molar-refractivity contribution in [3.05, 3.63) is 82.6 Å². The Hall–Kier alpha value is -3.65. The van der Waals surface area contributed by atoms with E-state index in [4.69, 9.17) is 13.9 Å². The normalized spacial score (nSPS) is 20.9. The molecule has 2 fully saturated rings. The van der Waals surface area contributed by atoms with Crippen LogP contribution in [0.15, 0.2) is 53.1 Å². The minimum absolute atomic E-state index is 0.0655. The van der Waals surface area contributed by atoms with Crippen LogP contribution in [-0.2, 0) is 22.6 Å². The van der Waals surface area contributed by atoms with Crippen LogP contribution < -0.4 is 10.1 Å². The molecule has 8 nitrogen and oxygen atoms in total. The van der Waals surface area contributed by atoms with Crippen molar-refractivity contribution in [3.63, 3.8) is 0 Å². The maximum absolute atomic E-state index is 13.7. The molecule has 3 aliphatic rings. The molecule has 2 aromatic carbocycles. The number of hydrogen-bond acceptors (Lipinski definition) is 6. The van der Waals surface area contributed by atoms with Gasteiger partial charge in [-0.25, -0.2) is 4.98 Å². The molecule has 210 valence electrons. The van der Waals surface area contributed by atoms with Gasteiger partial charge in [0.1, 0.15) is 12.0 Å². The molecule has 2 amide bonds. The van der Waals surface area contributed by atoms with Crippen LogP contribution in [0.4, 0.5) is 0 Å². The molecular weight excluding hydrogens is 506 g/mol. The highest BCUT2D eigenvalue weighted by Gasteiger charge is 2.36. The van der Waals surface area contributed by atoms with E-state index in [-0.39, 0.29) is 42.2 Å². The largest absolute Gasteiger partial charge is 0.484 e. The number of oxazole rings is 1. The lowest BCUT2D eigenvalue weighted by Crippen LogP contribution is -2.43. The molecule has 0 unspecified atom stereocenters. The Labute approximate surface area is 235 Å². The fraction of sp³-hybridized carbons (Fsp3) is 0.469. The number of aryl methyl sites for hydroxylation is 1. The van der Waals surface area contributed by atoms with Gasteiger partial charge in [0.25, 0.3) is 5.91 Å². The van der Waals surface area contributed by atoms with E-state index in [2.05, 4.69) is 52.5 Å². The van der Waals surface area contributed by atoms with Crippen LogP contribution in [0.25, 0.3) is 0 Å². The minimum Gasteiger partial charge on any atom is -0.484 e. The lowest BCUT2D eigenvalue weighted by atomic mass is 9.86. The van der Waals surface area contributed by atoms with Crippen LogP contribution in [0.1, 0.15) is 83.2 Å². The predicted octanol–water partition coefficient (Wildman–Crippen LogP) is 5.14. The van der Waals surface area contributed by atoms with Gasteiger partial charge in [-0.05, 0) is 67.9 Å². The zero-order chi connectivity index (χ0) is 27.5. The van der Waals surface area contributed by atoms with Crippen LogP contribution in [0.2, 0.25) is 0 Å². The van der Waals surface area contributed by atoms with Gasteiger partial charge in [-0.15, -0.1) is 0 Å². The lowest BCUT2D eigenvalue weighted by molar-refractivity contribution is -0.137. The maximum Gasteiger partial charge on any atom is 0.273 e. The summed E-state index contributed by atoms with van der Waals surface area (Å²) in [5.41, 5.74) is 4.86. The Morgan fingerprint density at radius 3 is 2.67 bits per heavy atom. The van der Waals surface area contributed by atoms with Crippen molar-refractivity contribution in [2.45, 2.75) is 70.6 Å². The fourth-order valence-corrected chi connectivity index (χ4v) is 6.16. The van der Waals surface area contributed by atoms with E-state index in [9.17, 15) is 9.59 Å². The van der Waals surface area contributed by atoms with Crippen molar-refractivity contribution in [2.24, 2.45) is 5.92 Å². The van der Waals surface area contributed by atoms with Gasteiger partial charge in [0.2, 0.25) is 11.8 Å². The number of fused-ring (bicyclic) bond motifs is 1. The smallest absolute Gasteiger partial charge is 0.273 e. The number of aromatic nitrogens is 1. The summed E-state index contributed by atoms with van der Waals surface area (Å²) < 4.78 is 17.2. The Morgan fingerprint density at radius 2 is 1.90 bits per heavy atom. The van der Waals surface area contributed by atoms with Crippen molar-refractivity contribution in [2.75, 3.05) is 19.7 Å². The summed E-state index contributed by atoms with van der Waals surface area (Å²) in [6.07, 6.45) is 8.45.